The molecule has 2 saturated heterocycles. The molecule has 2 unspecified atom stereocenters. The van der Waals surface area contributed by atoms with E-state index in [1.54, 1.807) is 4.90 Å². The normalized spacial score (nSPS) is 25.9. The summed E-state index contributed by atoms with van der Waals surface area (Å²) in [4.78, 5) is 26.0. The predicted molar refractivity (Wildman–Crippen MR) is 79.2 cm³/mol. The van der Waals surface area contributed by atoms with Gasteiger partial charge in [-0.25, -0.2) is 0 Å². The Kier molecular flexibility index (Phi) is 7.95. The summed E-state index contributed by atoms with van der Waals surface area (Å²) < 4.78 is 10.7. The molecule has 2 atom stereocenters. The van der Waals surface area contributed by atoms with Crippen LogP contribution in [0.15, 0.2) is 0 Å². The molecule has 2 heterocycles. The summed E-state index contributed by atoms with van der Waals surface area (Å²) in [6.07, 6.45) is 1.12. The molecule has 0 spiro atoms. The minimum Gasteiger partial charge on any atom is -0.376 e. The highest BCUT2D eigenvalue weighted by molar-refractivity contribution is 5.85. The van der Waals surface area contributed by atoms with Gasteiger partial charge < -0.3 is 25.4 Å². The number of likely N-dealkylation sites (tertiary alicyclic amines) is 1. The Labute approximate surface area is 130 Å². The summed E-state index contributed by atoms with van der Waals surface area (Å²) in [7, 11) is 0. The van der Waals surface area contributed by atoms with Crippen molar-refractivity contribution in [1.29, 1.82) is 0 Å². The monoisotopic (exact) mass is 321 g/mol. The molecule has 2 aliphatic heterocycles. The number of carbonyl (C=O) groups excluding carboxylic acids is 2. The average Bonchev–Trinajstić information content (AvgIpc) is 2.52. The molecule has 7 nitrogen and oxygen atoms in total. The van der Waals surface area contributed by atoms with Gasteiger partial charge in [0.1, 0.15) is 0 Å². The second kappa shape index (κ2) is 9.19. The molecule has 21 heavy (non-hydrogen) atoms. The van der Waals surface area contributed by atoms with E-state index in [4.69, 9.17) is 15.2 Å². The van der Waals surface area contributed by atoms with Gasteiger partial charge in [0.25, 0.3) is 5.91 Å². The summed E-state index contributed by atoms with van der Waals surface area (Å²) in [5, 5.41) is 2.78. The number of piperidine rings is 1. The Balaban J connectivity index is 0.00000220. The molecule has 0 radical (unpaired) electrons. The first-order valence-corrected chi connectivity index (χ1v) is 7.18. The van der Waals surface area contributed by atoms with Crippen molar-refractivity contribution in [3.63, 3.8) is 0 Å². The fraction of sp³-hybridized carbons (Fsp3) is 0.846. The summed E-state index contributed by atoms with van der Waals surface area (Å²) in [5.74, 6) is -0.237. The summed E-state index contributed by atoms with van der Waals surface area (Å²) in [5.41, 5.74) is 5.37. The Bertz CT molecular complexity index is 350. The molecule has 0 saturated carbocycles. The molecular formula is C13H24ClN3O4. The quantitative estimate of drug-likeness (QED) is 0.702. The third kappa shape index (κ3) is 5.10. The first-order valence-electron chi connectivity index (χ1n) is 7.18. The molecule has 0 aliphatic carbocycles. The van der Waals surface area contributed by atoms with E-state index in [1.165, 1.54) is 0 Å². The van der Waals surface area contributed by atoms with Crippen LogP contribution in [0, 0.1) is 5.92 Å². The van der Waals surface area contributed by atoms with Gasteiger partial charge in [-0.1, -0.05) is 0 Å². The van der Waals surface area contributed by atoms with Crippen LogP contribution in [0.3, 0.4) is 0 Å². The van der Waals surface area contributed by atoms with Crippen molar-refractivity contribution in [3.05, 3.63) is 0 Å². The van der Waals surface area contributed by atoms with E-state index in [1.807, 2.05) is 0 Å². The van der Waals surface area contributed by atoms with Gasteiger partial charge in [0.2, 0.25) is 5.91 Å². The molecule has 2 fully saturated rings. The molecule has 0 aromatic carbocycles. The summed E-state index contributed by atoms with van der Waals surface area (Å²) >= 11 is 0. The first kappa shape index (κ1) is 18.2. The third-order valence-electron chi connectivity index (χ3n) is 3.64. The van der Waals surface area contributed by atoms with Gasteiger partial charge in [-0.05, 0) is 12.8 Å². The molecule has 2 aliphatic rings. The maximum atomic E-state index is 12.3. The van der Waals surface area contributed by atoms with Crippen LogP contribution in [0.4, 0.5) is 0 Å². The number of amides is 2. The number of nitrogens with zero attached hydrogens (tertiary/aromatic N) is 1. The topological polar surface area (TPSA) is 93.9 Å². The number of nitrogens with one attached hydrogen (secondary N) is 1. The fourth-order valence-electron chi connectivity index (χ4n) is 2.57. The fourth-order valence-corrected chi connectivity index (χ4v) is 2.57. The van der Waals surface area contributed by atoms with Crippen molar-refractivity contribution >= 4 is 24.2 Å². The number of ether oxygens (including phenoxy) is 2. The number of nitrogens with two attached hydrogens (primary N) is 1. The van der Waals surface area contributed by atoms with Crippen molar-refractivity contribution in [2.45, 2.75) is 18.9 Å². The molecule has 8 heteroatoms. The number of rotatable bonds is 4. The molecule has 0 aromatic rings. The molecule has 2 rings (SSSR count). The molecule has 2 amide bonds. The van der Waals surface area contributed by atoms with Gasteiger partial charge in [-0.15, -0.1) is 12.4 Å². The van der Waals surface area contributed by atoms with Crippen molar-refractivity contribution in [3.8, 4) is 0 Å². The lowest BCUT2D eigenvalue weighted by Gasteiger charge is -2.35. The zero-order valence-corrected chi connectivity index (χ0v) is 12.9. The summed E-state index contributed by atoms with van der Waals surface area (Å²) in [6, 6.07) is 0. The van der Waals surface area contributed by atoms with Crippen molar-refractivity contribution in [2.24, 2.45) is 11.7 Å². The van der Waals surface area contributed by atoms with E-state index in [0.29, 0.717) is 46.0 Å². The Morgan fingerprint density at radius 3 is 2.81 bits per heavy atom. The standard InChI is InChI=1S/C13H23N3O4.ClH/c14-3-4-15-12(17)10-2-1-5-16(8-10)13(18)11-9-19-6-7-20-11;/h10-11H,1-9,14H2,(H,15,17);1H. The lowest BCUT2D eigenvalue weighted by atomic mass is 9.96. The predicted octanol–water partition coefficient (Wildman–Crippen LogP) is -0.863. The molecule has 122 valence electrons. The van der Waals surface area contributed by atoms with E-state index in [0.717, 1.165) is 12.8 Å². The number of carbonyl (C=O) groups is 2. The van der Waals surface area contributed by atoms with Crippen molar-refractivity contribution in [2.75, 3.05) is 46.0 Å². The van der Waals surface area contributed by atoms with Crippen LogP contribution in [-0.4, -0.2) is 68.8 Å². The van der Waals surface area contributed by atoms with Gasteiger partial charge in [0.05, 0.1) is 25.7 Å². The van der Waals surface area contributed by atoms with Crippen LogP contribution < -0.4 is 11.1 Å². The highest BCUT2D eigenvalue weighted by atomic mass is 35.5. The third-order valence-corrected chi connectivity index (χ3v) is 3.64. The minimum absolute atomic E-state index is 0. The molecular weight excluding hydrogens is 298 g/mol. The average molecular weight is 322 g/mol. The van der Waals surface area contributed by atoms with Crippen LogP contribution >= 0.6 is 12.4 Å². The van der Waals surface area contributed by atoms with Gasteiger partial charge in [0.15, 0.2) is 6.10 Å². The van der Waals surface area contributed by atoms with Crippen LogP contribution in [0.1, 0.15) is 12.8 Å². The van der Waals surface area contributed by atoms with Gasteiger partial charge in [0, 0.05) is 26.2 Å². The van der Waals surface area contributed by atoms with Crippen LogP contribution in [0.25, 0.3) is 0 Å². The highest BCUT2D eigenvalue weighted by Gasteiger charge is 2.33. The first-order chi connectivity index (χ1) is 9.72. The zero-order valence-electron chi connectivity index (χ0n) is 12.1. The maximum absolute atomic E-state index is 12.3. The lowest BCUT2D eigenvalue weighted by molar-refractivity contribution is -0.160. The highest BCUT2D eigenvalue weighted by Crippen LogP contribution is 2.18. The lowest BCUT2D eigenvalue weighted by Crippen LogP contribution is -2.51. The Morgan fingerprint density at radius 1 is 1.33 bits per heavy atom. The molecule has 3 N–H and O–H groups in total. The number of hydrogen-bond acceptors (Lipinski definition) is 5. The van der Waals surface area contributed by atoms with Crippen molar-refractivity contribution < 1.29 is 19.1 Å². The number of hydrogen-bond donors (Lipinski definition) is 2. The SMILES string of the molecule is Cl.NCCNC(=O)C1CCCN(C(=O)C2COCCO2)C1. The second-order valence-corrected chi connectivity index (χ2v) is 5.14. The smallest absolute Gasteiger partial charge is 0.254 e. The Morgan fingerprint density at radius 2 is 2.14 bits per heavy atom. The molecule has 0 aromatic heterocycles. The van der Waals surface area contributed by atoms with Gasteiger partial charge in [-0.3, -0.25) is 9.59 Å². The Hall–Kier alpha value is -0.890. The van der Waals surface area contributed by atoms with E-state index in [2.05, 4.69) is 5.32 Å². The summed E-state index contributed by atoms with van der Waals surface area (Å²) in [6.45, 7) is 3.32. The van der Waals surface area contributed by atoms with Crippen molar-refractivity contribution in [1.82, 2.24) is 10.2 Å². The maximum Gasteiger partial charge on any atom is 0.254 e. The van der Waals surface area contributed by atoms with Crippen LogP contribution in [0.5, 0.6) is 0 Å². The largest absolute Gasteiger partial charge is 0.376 e. The van der Waals surface area contributed by atoms with Crippen LogP contribution in [0.2, 0.25) is 0 Å². The van der Waals surface area contributed by atoms with E-state index >= 15 is 0 Å². The number of halogens is 1. The van der Waals surface area contributed by atoms with E-state index < -0.39 is 6.10 Å². The van der Waals surface area contributed by atoms with E-state index in [-0.39, 0.29) is 30.1 Å². The van der Waals surface area contributed by atoms with E-state index in [9.17, 15) is 9.59 Å². The minimum atomic E-state index is -0.519. The molecule has 0 bridgehead atoms. The van der Waals surface area contributed by atoms with Gasteiger partial charge in [-0.2, -0.15) is 0 Å². The van der Waals surface area contributed by atoms with Gasteiger partial charge >= 0.3 is 0 Å². The van der Waals surface area contributed by atoms with Crippen LogP contribution in [-0.2, 0) is 19.1 Å². The zero-order chi connectivity index (χ0) is 14.4. The second-order valence-electron chi connectivity index (χ2n) is 5.14.